The first-order valence-corrected chi connectivity index (χ1v) is 3.81. The van der Waals surface area contributed by atoms with Crippen molar-refractivity contribution in [3.8, 4) is 0 Å². The second kappa shape index (κ2) is 2.12. The van der Waals surface area contributed by atoms with E-state index in [-0.39, 0.29) is 0 Å². The van der Waals surface area contributed by atoms with Crippen molar-refractivity contribution in [2.24, 2.45) is 0 Å². The summed E-state index contributed by atoms with van der Waals surface area (Å²) in [4.78, 5) is 0. The van der Waals surface area contributed by atoms with E-state index in [1.165, 1.54) is 5.56 Å². The number of nitrogens with zero attached hydrogens (tertiary/aromatic N) is 1. The molecular formula is C8H12N3+. The summed E-state index contributed by atoms with van der Waals surface area (Å²) >= 11 is 0. The Labute approximate surface area is 66.0 Å². The maximum atomic E-state index is 3.29. The van der Waals surface area contributed by atoms with Crippen LogP contribution in [-0.4, -0.2) is 6.17 Å². The van der Waals surface area contributed by atoms with Crippen LogP contribution in [0.2, 0.25) is 0 Å². The highest BCUT2D eigenvalue weighted by Gasteiger charge is 2.21. The molecular weight excluding hydrogens is 138 g/mol. The van der Waals surface area contributed by atoms with E-state index in [1.54, 1.807) is 0 Å². The van der Waals surface area contributed by atoms with Gasteiger partial charge in [0.25, 0.3) is 5.82 Å². The molecule has 1 aromatic rings. The molecule has 11 heavy (non-hydrogen) atoms. The van der Waals surface area contributed by atoms with Crippen LogP contribution in [0.4, 0.5) is 5.82 Å². The van der Waals surface area contributed by atoms with Crippen molar-refractivity contribution in [2.45, 2.75) is 20.0 Å². The third-order valence-corrected chi connectivity index (χ3v) is 1.81. The van der Waals surface area contributed by atoms with Crippen LogP contribution in [0.1, 0.15) is 12.5 Å². The zero-order chi connectivity index (χ0) is 7.84. The molecule has 0 bridgehead atoms. The van der Waals surface area contributed by atoms with Gasteiger partial charge in [-0.15, -0.1) is 4.68 Å². The van der Waals surface area contributed by atoms with Crippen molar-refractivity contribution in [1.29, 1.82) is 0 Å². The number of aryl methyl sites for hydroxylation is 1. The Hall–Kier alpha value is -1.25. The highest BCUT2D eigenvalue weighted by atomic mass is 15.5. The zero-order valence-corrected chi connectivity index (χ0v) is 6.76. The van der Waals surface area contributed by atoms with Gasteiger partial charge in [-0.25, -0.2) is 10.7 Å². The van der Waals surface area contributed by atoms with Crippen molar-refractivity contribution in [2.75, 3.05) is 10.7 Å². The van der Waals surface area contributed by atoms with E-state index in [0.29, 0.717) is 6.17 Å². The van der Waals surface area contributed by atoms with Crippen LogP contribution < -0.4 is 15.4 Å². The number of hydrogen-bond donors (Lipinski definition) is 2. The lowest BCUT2D eigenvalue weighted by Crippen LogP contribution is -2.42. The molecule has 3 heteroatoms. The summed E-state index contributed by atoms with van der Waals surface area (Å²) in [6.45, 7) is 4.17. The lowest BCUT2D eigenvalue weighted by atomic mass is 10.3. The number of rotatable bonds is 0. The Morgan fingerprint density at radius 2 is 2.36 bits per heavy atom. The predicted octanol–water partition coefficient (Wildman–Crippen LogP) is 0.598. The molecule has 0 fully saturated rings. The Balaban J connectivity index is 2.43. The summed E-state index contributed by atoms with van der Waals surface area (Å²) in [6, 6.07) is 4.20. The monoisotopic (exact) mass is 150 g/mol. The van der Waals surface area contributed by atoms with Gasteiger partial charge in [-0.3, -0.25) is 0 Å². The van der Waals surface area contributed by atoms with Gasteiger partial charge in [0.2, 0.25) is 0 Å². The van der Waals surface area contributed by atoms with Gasteiger partial charge in [0.15, 0.2) is 6.17 Å². The highest BCUT2D eigenvalue weighted by Crippen LogP contribution is 2.07. The number of nitrogens with one attached hydrogen (secondary N) is 2. The number of fused-ring (bicyclic) bond motifs is 1. The molecule has 58 valence electrons. The van der Waals surface area contributed by atoms with Crippen LogP contribution >= 0.6 is 0 Å². The maximum Gasteiger partial charge on any atom is 0.299 e. The van der Waals surface area contributed by atoms with E-state index in [0.717, 1.165) is 5.82 Å². The summed E-state index contributed by atoms with van der Waals surface area (Å²) in [6.07, 6.45) is 2.36. The Morgan fingerprint density at radius 3 is 3.18 bits per heavy atom. The highest BCUT2D eigenvalue weighted by molar-refractivity contribution is 5.35. The molecule has 1 aromatic heterocycles. The number of pyridine rings is 1. The van der Waals surface area contributed by atoms with Gasteiger partial charge in [-0.1, -0.05) is 0 Å². The van der Waals surface area contributed by atoms with Gasteiger partial charge in [-0.05, 0) is 25.5 Å². The molecule has 0 aliphatic carbocycles. The van der Waals surface area contributed by atoms with Crippen molar-refractivity contribution >= 4 is 5.82 Å². The van der Waals surface area contributed by atoms with Gasteiger partial charge in [0.05, 0.1) is 0 Å². The van der Waals surface area contributed by atoms with Gasteiger partial charge in [0, 0.05) is 6.07 Å². The van der Waals surface area contributed by atoms with E-state index in [9.17, 15) is 0 Å². The number of anilines is 1. The van der Waals surface area contributed by atoms with Gasteiger partial charge >= 0.3 is 0 Å². The molecule has 1 unspecified atom stereocenters. The van der Waals surface area contributed by atoms with E-state index in [1.807, 2.05) is 10.9 Å². The molecule has 2 heterocycles. The molecule has 2 rings (SSSR count). The first kappa shape index (κ1) is 6.46. The number of hydrogen-bond acceptors (Lipinski definition) is 2. The average Bonchev–Trinajstić information content (AvgIpc) is 2.27. The minimum absolute atomic E-state index is 0.330. The minimum atomic E-state index is 0.330. The van der Waals surface area contributed by atoms with Crippen LogP contribution in [0.3, 0.4) is 0 Å². The molecule has 0 aromatic carbocycles. The van der Waals surface area contributed by atoms with E-state index in [4.69, 9.17) is 0 Å². The molecule has 3 nitrogen and oxygen atoms in total. The van der Waals surface area contributed by atoms with Gasteiger partial charge in [-0.2, -0.15) is 0 Å². The Kier molecular flexibility index (Phi) is 1.24. The summed E-state index contributed by atoms with van der Waals surface area (Å²) in [5.74, 6) is 1.14. The first-order chi connectivity index (χ1) is 5.25. The standard InChI is InChI=1S/C8H11N3/c1-6-3-4-11-8(5-6)9-7(2)10-11/h3-5,7,10H,1-2H3/p+1. The molecule has 2 N–H and O–H groups in total. The van der Waals surface area contributed by atoms with Crippen LogP contribution in [-0.2, 0) is 0 Å². The van der Waals surface area contributed by atoms with Crippen molar-refractivity contribution < 1.29 is 4.68 Å². The smallest absolute Gasteiger partial charge is 0.249 e. The fourth-order valence-corrected chi connectivity index (χ4v) is 1.29. The van der Waals surface area contributed by atoms with E-state index < -0.39 is 0 Å². The van der Waals surface area contributed by atoms with Gasteiger partial charge in [0.1, 0.15) is 6.20 Å². The normalized spacial score (nSPS) is 20.4. The molecule has 0 amide bonds. The number of aromatic nitrogens is 1. The molecule has 1 aliphatic heterocycles. The van der Waals surface area contributed by atoms with E-state index in [2.05, 4.69) is 36.7 Å². The Bertz CT molecular complexity index is 283. The summed E-state index contributed by atoms with van der Waals surface area (Å²) in [5.41, 5.74) is 4.51. The molecule has 0 spiro atoms. The Morgan fingerprint density at radius 1 is 1.55 bits per heavy atom. The van der Waals surface area contributed by atoms with E-state index >= 15 is 0 Å². The lowest BCUT2D eigenvalue weighted by Gasteiger charge is -1.94. The summed E-state index contributed by atoms with van der Waals surface area (Å²) < 4.78 is 2.00. The second-order valence-corrected chi connectivity index (χ2v) is 2.95. The van der Waals surface area contributed by atoms with Crippen LogP contribution in [0.5, 0.6) is 0 Å². The fraction of sp³-hybridized carbons (Fsp3) is 0.375. The van der Waals surface area contributed by atoms with Crippen LogP contribution in [0, 0.1) is 6.92 Å². The third kappa shape index (κ3) is 1.02. The molecule has 1 atom stereocenters. The summed E-state index contributed by atoms with van der Waals surface area (Å²) in [7, 11) is 0. The first-order valence-electron chi connectivity index (χ1n) is 3.81. The largest absolute Gasteiger partial charge is 0.299 e. The zero-order valence-electron chi connectivity index (χ0n) is 6.76. The second-order valence-electron chi connectivity index (χ2n) is 2.95. The van der Waals surface area contributed by atoms with Gasteiger partial charge < -0.3 is 0 Å². The third-order valence-electron chi connectivity index (χ3n) is 1.81. The SMILES string of the molecule is Cc1cc[n+]2c(c1)NC(C)N2. The predicted molar refractivity (Wildman–Crippen MR) is 43.8 cm³/mol. The average molecular weight is 150 g/mol. The van der Waals surface area contributed by atoms with Crippen molar-refractivity contribution in [1.82, 2.24) is 0 Å². The molecule has 1 aliphatic rings. The fourth-order valence-electron chi connectivity index (χ4n) is 1.29. The maximum absolute atomic E-state index is 3.29. The molecule has 0 radical (unpaired) electrons. The molecule has 0 saturated carbocycles. The van der Waals surface area contributed by atoms with Crippen molar-refractivity contribution in [3.63, 3.8) is 0 Å². The summed E-state index contributed by atoms with van der Waals surface area (Å²) in [5, 5.41) is 3.29. The van der Waals surface area contributed by atoms with Crippen molar-refractivity contribution in [3.05, 3.63) is 23.9 Å². The quantitative estimate of drug-likeness (QED) is 0.530. The lowest BCUT2D eigenvalue weighted by molar-refractivity contribution is -0.628. The van der Waals surface area contributed by atoms with Crippen LogP contribution in [0.25, 0.3) is 0 Å². The van der Waals surface area contributed by atoms with Crippen LogP contribution in [0.15, 0.2) is 18.3 Å². The topological polar surface area (TPSA) is 27.9 Å². The molecule has 0 saturated heterocycles. The minimum Gasteiger partial charge on any atom is -0.249 e.